The topological polar surface area (TPSA) is 69.9 Å². The summed E-state index contributed by atoms with van der Waals surface area (Å²) >= 11 is 3.64. The number of rotatable bonds is 4. The number of carboxylic acid groups (broad SMARTS) is 1. The van der Waals surface area contributed by atoms with Gasteiger partial charge in [0.15, 0.2) is 10.5 Å². The molecule has 0 bridgehead atoms. The van der Waals surface area contributed by atoms with E-state index in [2.05, 4.69) is 5.32 Å². The zero-order valence-corrected chi connectivity index (χ0v) is 11.8. The third-order valence-electron chi connectivity index (χ3n) is 3.03. The number of thioether (sulfide) groups is 2. The van der Waals surface area contributed by atoms with Crippen molar-refractivity contribution < 1.29 is 19.6 Å². The van der Waals surface area contributed by atoms with Crippen molar-refractivity contribution in [3.63, 3.8) is 0 Å². The Balaban J connectivity index is 1.90. The van der Waals surface area contributed by atoms with Crippen molar-refractivity contribution in [2.75, 3.05) is 12.3 Å². The molecule has 3 rings (SSSR count). The van der Waals surface area contributed by atoms with Crippen LogP contribution in [-0.2, 0) is 5.75 Å². The molecule has 1 aliphatic heterocycles. The zero-order chi connectivity index (χ0) is 13.2. The van der Waals surface area contributed by atoms with Crippen LogP contribution >= 0.6 is 23.5 Å². The molecule has 1 saturated heterocycles. The fraction of sp³-hybridized carbons (Fsp3) is 0.308. The molecule has 0 radical (unpaired) electrons. The third-order valence-corrected chi connectivity index (χ3v) is 5.82. The maximum atomic E-state index is 11.2. The van der Waals surface area contributed by atoms with Gasteiger partial charge in [-0.2, -0.15) is 0 Å². The standard InChI is InChI=1S/C13H13NO3S2/c15-12(16)11-9(7-19-13-14-5-6-18-13)8-3-1-2-4-10(8)17-11/h1-4,13-14H,5-7H2,(H,15,16)/t13-/m1/s1. The van der Waals surface area contributed by atoms with Crippen LogP contribution in [0.2, 0.25) is 0 Å². The molecule has 4 nitrogen and oxygen atoms in total. The summed E-state index contributed by atoms with van der Waals surface area (Å²) in [7, 11) is 0. The number of nitrogens with two attached hydrogens (primary N) is 1. The first-order chi connectivity index (χ1) is 9.25. The molecule has 0 spiro atoms. The number of carbonyl (C=O) groups excluding carboxylic acids is 1. The number of carboxylic acids is 1. The van der Waals surface area contributed by atoms with Gasteiger partial charge in [0.25, 0.3) is 0 Å². The molecule has 6 heteroatoms. The summed E-state index contributed by atoms with van der Waals surface area (Å²) < 4.78 is 5.83. The van der Waals surface area contributed by atoms with Crippen LogP contribution in [0.4, 0.5) is 0 Å². The van der Waals surface area contributed by atoms with Gasteiger partial charge >= 0.3 is 0 Å². The smallest absolute Gasteiger partial charge is 0.180 e. The largest absolute Gasteiger partial charge is 0.542 e. The molecular formula is C13H13NO3S2. The molecule has 1 aliphatic rings. The lowest BCUT2D eigenvalue weighted by molar-refractivity contribution is -0.637. The molecule has 1 fully saturated rings. The molecule has 1 aromatic heterocycles. The lowest BCUT2D eigenvalue weighted by Crippen LogP contribution is -2.85. The lowest BCUT2D eigenvalue weighted by Gasteiger charge is -2.07. The van der Waals surface area contributed by atoms with E-state index in [1.165, 1.54) is 0 Å². The Morgan fingerprint density at radius 2 is 2.37 bits per heavy atom. The van der Waals surface area contributed by atoms with Crippen molar-refractivity contribution >= 4 is 40.5 Å². The predicted octanol–water partition coefficient (Wildman–Crippen LogP) is 0.623. The average molecular weight is 295 g/mol. The van der Waals surface area contributed by atoms with Gasteiger partial charge in [0, 0.05) is 22.5 Å². The highest BCUT2D eigenvalue weighted by Crippen LogP contribution is 2.31. The number of fused-ring (bicyclic) bond motifs is 1. The van der Waals surface area contributed by atoms with Crippen LogP contribution in [0.3, 0.4) is 0 Å². The number of para-hydroxylation sites is 1. The summed E-state index contributed by atoms with van der Waals surface area (Å²) in [6, 6.07) is 7.41. The molecule has 2 aromatic rings. The number of aromatic carboxylic acids is 1. The molecular weight excluding hydrogens is 282 g/mol. The van der Waals surface area contributed by atoms with Crippen molar-refractivity contribution in [2.24, 2.45) is 0 Å². The Labute approximate surface area is 118 Å². The Morgan fingerprint density at radius 3 is 3.11 bits per heavy atom. The fourth-order valence-electron chi connectivity index (χ4n) is 2.14. The third kappa shape index (κ3) is 2.61. The fourth-order valence-corrected chi connectivity index (χ4v) is 4.69. The van der Waals surface area contributed by atoms with Gasteiger partial charge in [-0.3, -0.25) is 0 Å². The monoisotopic (exact) mass is 295 g/mol. The van der Waals surface area contributed by atoms with Gasteiger partial charge in [0.05, 0.1) is 6.54 Å². The summed E-state index contributed by atoms with van der Waals surface area (Å²) in [5, 5.41) is 14.3. The van der Waals surface area contributed by atoms with E-state index in [0.29, 0.717) is 16.0 Å². The van der Waals surface area contributed by atoms with E-state index in [1.54, 1.807) is 17.8 Å². The average Bonchev–Trinajstić information content (AvgIpc) is 3.03. The Bertz CT molecular complexity index is 605. The van der Waals surface area contributed by atoms with Crippen LogP contribution in [0, 0.1) is 0 Å². The maximum absolute atomic E-state index is 11.2. The van der Waals surface area contributed by atoms with E-state index >= 15 is 0 Å². The molecule has 100 valence electrons. The van der Waals surface area contributed by atoms with E-state index in [9.17, 15) is 9.90 Å². The Hall–Kier alpha value is -1.11. The van der Waals surface area contributed by atoms with E-state index < -0.39 is 5.97 Å². The second-order valence-corrected chi connectivity index (χ2v) is 6.95. The number of carbonyl (C=O) groups is 1. The highest BCUT2D eigenvalue weighted by Gasteiger charge is 2.22. The predicted molar refractivity (Wildman–Crippen MR) is 74.9 cm³/mol. The molecule has 0 aliphatic carbocycles. The van der Waals surface area contributed by atoms with E-state index in [-0.39, 0.29) is 5.76 Å². The zero-order valence-electron chi connectivity index (χ0n) is 10.1. The van der Waals surface area contributed by atoms with Gasteiger partial charge in [0.2, 0.25) is 0 Å². The molecule has 0 amide bonds. The van der Waals surface area contributed by atoms with Crippen LogP contribution in [0.15, 0.2) is 28.7 Å². The van der Waals surface area contributed by atoms with E-state index in [0.717, 1.165) is 23.2 Å². The number of hydrogen-bond donors (Lipinski definition) is 1. The second kappa shape index (κ2) is 5.48. The maximum Gasteiger partial charge on any atom is 0.180 e. The number of quaternary nitrogens is 1. The van der Waals surface area contributed by atoms with Crippen molar-refractivity contribution in [1.29, 1.82) is 0 Å². The first-order valence-corrected chi connectivity index (χ1v) is 8.14. The first-order valence-electron chi connectivity index (χ1n) is 6.04. The van der Waals surface area contributed by atoms with Crippen molar-refractivity contribution in [3.05, 3.63) is 35.6 Å². The van der Waals surface area contributed by atoms with Gasteiger partial charge < -0.3 is 19.6 Å². The molecule has 2 N–H and O–H groups in total. The van der Waals surface area contributed by atoms with Crippen molar-refractivity contribution in [3.8, 4) is 0 Å². The van der Waals surface area contributed by atoms with Gasteiger partial charge in [-0.1, -0.05) is 41.7 Å². The Kier molecular flexibility index (Phi) is 3.72. The summed E-state index contributed by atoms with van der Waals surface area (Å²) in [4.78, 5) is 11.2. The number of benzene rings is 1. The van der Waals surface area contributed by atoms with Gasteiger partial charge in [-0.25, -0.2) is 0 Å². The molecule has 0 unspecified atom stereocenters. The van der Waals surface area contributed by atoms with Gasteiger partial charge in [0.1, 0.15) is 11.6 Å². The lowest BCUT2D eigenvalue weighted by atomic mass is 10.1. The second-order valence-electron chi connectivity index (χ2n) is 4.27. The van der Waals surface area contributed by atoms with Crippen LogP contribution in [0.1, 0.15) is 16.1 Å². The molecule has 19 heavy (non-hydrogen) atoms. The molecule has 1 aromatic carbocycles. The van der Waals surface area contributed by atoms with Crippen LogP contribution in [0.25, 0.3) is 11.0 Å². The van der Waals surface area contributed by atoms with Crippen LogP contribution in [0.5, 0.6) is 0 Å². The van der Waals surface area contributed by atoms with Crippen molar-refractivity contribution in [1.82, 2.24) is 0 Å². The first kappa shape index (κ1) is 12.9. The highest BCUT2D eigenvalue weighted by atomic mass is 32.2. The Morgan fingerprint density at radius 1 is 1.53 bits per heavy atom. The van der Waals surface area contributed by atoms with Crippen LogP contribution < -0.4 is 10.4 Å². The summed E-state index contributed by atoms with van der Waals surface area (Å²) in [6.45, 7) is 1.13. The van der Waals surface area contributed by atoms with E-state index in [4.69, 9.17) is 4.42 Å². The summed E-state index contributed by atoms with van der Waals surface area (Å²) in [5.74, 6) is 0.512. The minimum atomic E-state index is -1.24. The quantitative estimate of drug-likeness (QED) is 0.895. The van der Waals surface area contributed by atoms with Crippen molar-refractivity contribution in [2.45, 2.75) is 10.5 Å². The SMILES string of the molecule is O=C([O-])c1oc2ccccc2c1CS[C@@H]1[NH2+]CCS1. The minimum absolute atomic E-state index is 0.0308. The van der Waals surface area contributed by atoms with Crippen LogP contribution in [-0.4, -0.2) is 23.0 Å². The molecule has 1 atom stereocenters. The highest BCUT2D eigenvalue weighted by molar-refractivity contribution is 8.16. The van der Waals surface area contributed by atoms with Gasteiger partial charge in [-0.05, 0) is 6.07 Å². The molecule has 2 heterocycles. The van der Waals surface area contributed by atoms with Gasteiger partial charge in [-0.15, -0.1) is 0 Å². The minimum Gasteiger partial charge on any atom is -0.542 e. The van der Waals surface area contributed by atoms with E-state index in [1.807, 2.05) is 30.0 Å². The summed E-state index contributed by atoms with van der Waals surface area (Å²) in [5.41, 5.74) is 1.35. The normalized spacial score (nSPS) is 19.1. The molecule has 0 saturated carbocycles. The number of furan rings is 1. The number of hydrogen-bond acceptors (Lipinski definition) is 5. The summed E-state index contributed by atoms with van der Waals surface area (Å²) in [6.07, 6.45) is 0.